The van der Waals surface area contributed by atoms with Crippen LogP contribution in [0.2, 0.25) is 0 Å². The van der Waals surface area contributed by atoms with E-state index in [1.807, 2.05) is 62.2 Å². The van der Waals surface area contributed by atoms with Crippen LogP contribution >= 0.6 is 11.3 Å². The zero-order valence-electron chi connectivity index (χ0n) is 30.8. The first-order chi connectivity index (χ1) is 23.2. The molecular formula is C37H55N5O6S. The first-order valence-corrected chi connectivity index (χ1v) is 18.0. The van der Waals surface area contributed by atoms with E-state index >= 15 is 0 Å². The Kier molecular flexibility index (Phi) is 14.7. The highest BCUT2D eigenvalue weighted by Crippen LogP contribution is 2.35. The number of carbonyl (C=O) groups excluding carboxylic acids is 4. The largest absolute Gasteiger partial charge is 0.501 e. The number of amides is 4. The average Bonchev–Trinajstić information content (AvgIpc) is 3.81. The predicted octanol–water partition coefficient (Wildman–Crippen LogP) is 5.18. The van der Waals surface area contributed by atoms with Crippen LogP contribution in [-0.2, 0) is 30.3 Å². The molecule has 0 radical (unpaired) electrons. The van der Waals surface area contributed by atoms with Gasteiger partial charge in [-0.05, 0) is 55.7 Å². The zero-order valence-corrected chi connectivity index (χ0v) is 31.7. The molecule has 2 aromatic rings. The maximum atomic E-state index is 14.6. The molecule has 0 saturated carbocycles. The molecule has 1 saturated heterocycles. The van der Waals surface area contributed by atoms with Gasteiger partial charge in [0.1, 0.15) is 28.9 Å². The Labute approximate surface area is 296 Å². The minimum Gasteiger partial charge on any atom is -0.501 e. The van der Waals surface area contributed by atoms with E-state index in [9.17, 15) is 19.2 Å². The first kappa shape index (κ1) is 39.5. The number of carbonyl (C=O) groups is 4. The second-order valence-corrected chi connectivity index (χ2v) is 14.3. The van der Waals surface area contributed by atoms with Gasteiger partial charge in [0.15, 0.2) is 0 Å². The van der Waals surface area contributed by atoms with E-state index in [0.717, 1.165) is 23.4 Å². The summed E-state index contributed by atoms with van der Waals surface area (Å²) in [6.45, 7) is 10.3. The molecule has 0 N–H and O–H groups in total. The van der Waals surface area contributed by atoms with Gasteiger partial charge in [0, 0.05) is 51.8 Å². The molecule has 1 aliphatic rings. The summed E-state index contributed by atoms with van der Waals surface area (Å²) >= 11 is 1.54. The molecular weight excluding hydrogens is 643 g/mol. The van der Waals surface area contributed by atoms with Crippen molar-refractivity contribution in [1.29, 1.82) is 0 Å². The van der Waals surface area contributed by atoms with Crippen molar-refractivity contribution in [3.63, 3.8) is 0 Å². The summed E-state index contributed by atoms with van der Waals surface area (Å²) in [6, 6.07) is 4.74. The third kappa shape index (κ3) is 9.83. The van der Waals surface area contributed by atoms with Gasteiger partial charge in [0.05, 0.1) is 26.0 Å². The molecule has 11 nitrogen and oxygen atoms in total. The standard InChI is InChI=1S/C37H55N5O6S/c1-11-25(4)33(37(46)42-19-12-13-29(42)34-38-18-20-49-34)41(8)36(45)30(21-24(2)3)40(7)35(44)31(39(6)32(43)22-26(5)47-9)23-27-14-16-28(48-10)17-15-27/h14-18,20,22,24-25,29-31,33H,11-13,19,21,23H2,1-10H3/b26-22+/t25-,29?,30-,31-,33-/m0/s1. The third-order valence-corrected chi connectivity index (χ3v) is 10.5. The molecule has 0 bridgehead atoms. The molecule has 12 heteroatoms. The Hall–Kier alpha value is -3.93. The van der Waals surface area contributed by atoms with E-state index in [4.69, 9.17) is 9.47 Å². The number of likely N-dealkylation sites (tertiary alicyclic amines) is 1. The Morgan fingerprint density at radius 3 is 2.20 bits per heavy atom. The maximum Gasteiger partial charge on any atom is 0.250 e. The van der Waals surface area contributed by atoms with Crippen LogP contribution in [0.15, 0.2) is 47.7 Å². The van der Waals surface area contributed by atoms with Gasteiger partial charge >= 0.3 is 0 Å². The lowest BCUT2D eigenvalue weighted by molar-refractivity contribution is -0.154. The van der Waals surface area contributed by atoms with Crippen LogP contribution in [-0.4, -0.2) is 108 Å². The van der Waals surface area contributed by atoms with Gasteiger partial charge in [-0.2, -0.15) is 0 Å². The van der Waals surface area contributed by atoms with E-state index in [0.29, 0.717) is 30.9 Å². The average molecular weight is 698 g/mol. The van der Waals surface area contributed by atoms with Gasteiger partial charge in [-0.1, -0.05) is 46.2 Å². The van der Waals surface area contributed by atoms with Crippen LogP contribution in [0.5, 0.6) is 5.75 Å². The normalized spacial score (nSPS) is 17.2. The number of likely N-dealkylation sites (N-methyl/N-ethyl adjacent to an activating group) is 3. The highest BCUT2D eigenvalue weighted by Gasteiger charge is 2.43. The smallest absolute Gasteiger partial charge is 0.250 e. The van der Waals surface area contributed by atoms with Crippen molar-refractivity contribution >= 4 is 35.0 Å². The van der Waals surface area contributed by atoms with Crippen LogP contribution in [0, 0.1) is 11.8 Å². The Morgan fingerprint density at radius 1 is 1.00 bits per heavy atom. The number of aromatic nitrogens is 1. The summed E-state index contributed by atoms with van der Waals surface area (Å²) in [7, 11) is 7.95. The minimum atomic E-state index is -0.921. The maximum absolute atomic E-state index is 14.6. The number of allylic oxidation sites excluding steroid dienone is 1. The molecule has 1 fully saturated rings. The lowest BCUT2D eigenvalue weighted by atomic mass is 9.93. The van der Waals surface area contributed by atoms with Crippen molar-refractivity contribution < 1.29 is 28.7 Å². The Balaban J connectivity index is 1.97. The van der Waals surface area contributed by atoms with Gasteiger partial charge in [0.25, 0.3) is 0 Å². The molecule has 1 aliphatic heterocycles. The number of ether oxygens (including phenoxy) is 2. The van der Waals surface area contributed by atoms with Gasteiger partial charge < -0.3 is 29.1 Å². The molecule has 0 spiro atoms. The quantitative estimate of drug-likeness (QED) is 0.176. The number of methoxy groups -OCH3 is 2. The minimum absolute atomic E-state index is 0.0647. The lowest BCUT2D eigenvalue weighted by Crippen LogP contribution is -2.59. The van der Waals surface area contributed by atoms with E-state index in [2.05, 4.69) is 4.98 Å². The lowest BCUT2D eigenvalue weighted by Gasteiger charge is -2.40. The van der Waals surface area contributed by atoms with Crippen molar-refractivity contribution in [3.8, 4) is 5.75 Å². The van der Waals surface area contributed by atoms with Gasteiger partial charge in [-0.25, -0.2) is 4.98 Å². The topological polar surface area (TPSA) is 113 Å². The van der Waals surface area contributed by atoms with Crippen molar-refractivity contribution in [2.24, 2.45) is 11.8 Å². The van der Waals surface area contributed by atoms with Crippen LogP contribution < -0.4 is 4.74 Å². The number of hydrogen-bond acceptors (Lipinski definition) is 8. The highest BCUT2D eigenvalue weighted by molar-refractivity contribution is 7.09. The summed E-state index contributed by atoms with van der Waals surface area (Å²) in [6.07, 6.45) is 6.10. The molecule has 4 amide bonds. The molecule has 3 rings (SSSR count). The van der Waals surface area contributed by atoms with Crippen molar-refractivity contribution in [2.45, 2.75) is 90.9 Å². The monoisotopic (exact) mass is 697 g/mol. The van der Waals surface area contributed by atoms with Gasteiger partial charge in [-0.15, -0.1) is 11.3 Å². The Morgan fingerprint density at radius 2 is 1.65 bits per heavy atom. The van der Waals surface area contributed by atoms with Gasteiger partial charge in [-0.3, -0.25) is 19.2 Å². The van der Waals surface area contributed by atoms with Crippen LogP contribution in [0.1, 0.15) is 76.9 Å². The van der Waals surface area contributed by atoms with Crippen molar-refractivity contribution in [3.05, 3.63) is 58.2 Å². The molecule has 1 aromatic carbocycles. The Bertz CT molecular complexity index is 1430. The fraction of sp³-hybridized carbons (Fsp3) is 0.595. The summed E-state index contributed by atoms with van der Waals surface area (Å²) in [5.74, 6) is -0.148. The van der Waals surface area contributed by atoms with Crippen LogP contribution in [0.3, 0.4) is 0 Å². The highest BCUT2D eigenvalue weighted by atomic mass is 32.1. The fourth-order valence-electron chi connectivity index (χ4n) is 6.37. The van der Waals surface area contributed by atoms with E-state index < -0.39 is 24.0 Å². The second-order valence-electron chi connectivity index (χ2n) is 13.4. The number of benzene rings is 1. The predicted molar refractivity (Wildman–Crippen MR) is 192 cm³/mol. The SMILES string of the molecule is CC[C@H](C)[C@@H](C(=O)N1CCCC1c1nccs1)N(C)C(=O)[C@H](CC(C)C)N(C)C(=O)[C@H](Cc1ccc(OC)cc1)N(C)C(=O)/C=C(\C)OC. The van der Waals surface area contributed by atoms with E-state index in [1.54, 1.807) is 46.3 Å². The van der Waals surface area contributed by atoms with Crippen LogP contribution in [0.4, 0.5) is 0 Å². The fourth-order valence-corrected chi connectivity index (χ4v) is 7.15. The van der Waals surface area contributed by atoms with Crippen molar-refractivity contribution in [2.75, 3.05) is 41.9 Å². The summed E-state index contributed by atoms with van der Waals surface area (Å²) in [5, 5.41) is 2.83. The number of hydrogen-bond donors (Lipinski definition) is 0. The number of rotatable bonds is 16. The number of thiazole rings is 1. The zero-order chi connectivity index (χ0) is 36.4. The first-order valence-electron chi connectivity index (χ1n) is 17.1. The third-order valence-electron chi connectivity index (χ3n) is 9.61. The molecule has 1 aromatic heterocycles. The van der Waals surface area contributed by atoms with E-state index in [1.165, 1.54) is 34.3 Å². The molecule has 1 unspecified atom stereocenters. The van der Waals surface area contributed by atoms with Crippen LogP contribution in [0.25, 0.3) is 0 Å². The molecule has 0 aliphatic carbocycles. The molecule has 270 valence electrons. The number of nitrogens with zero attached hydrogens (tertiary/aromatic N) is 5. The second kappa shape index (κ2) is 18.2. The molecule has 5 atom stereocenters. The summed E-state index contributed by atoms with van der Waals surface area (Å²) < 4.78 is 10.5. The molecule has 2 heterocycles. The van der Waals surface area contributed by atoms with E-state index in [-0.39, 0.29) is 42.0 Å². The summed E-state index contributed by atoms with van der Waals surface area (Å²) in [4.78, 5) is 67.6. The van der Waals surface area contributed by atoms with Gasteiger partial charge in [0.2, 0.25) is 23.6 Å². The molecule has 49 heavy (non-hydrogen) atoms. The van der Waals surface area contributed by atoms with Crippen molar-refractivity contribution in [1.82, 2.24) is 24.6 Å². The summed E-state index contributed by atoms with van der Waals surface area (Å²) in [5.41, 5.74) is 0.825.